The Hall–Kier alpha value is -3.72. The molecule has 0 aromatic heterocycles. The third kappa shape index (κ3) is 4.13. The van der Waals surface area contributed by atoms with Crippen molar-refractivity contribution in [1.29, 1.82) is 0 Å². The van der Waals surface area contributed by atoms with E-state index in [1.165, 1.54) is 43.4 Å². The van der Waals surface area contributed by atoms with Crippen LogP contribution < -0.4 is 4.74 Å². The minimum absolute atomic E-state index is 0.0838. The van der Waals surface area contributed by atoms with E-state index in [1.807, 2.05) is 0 Å². The van der Waals surface area contributed by atoms with Gasteiger partial charge in [0.25, 0.3) is 17.4 Å². The molecule has 3 rings (SSSR count). The monoisotopic (exact) mass is 426 g/mol. The molecule has 1 saturated heterocycles. The second kappa shape index (κ2) is 8.97. The van der Waals surface area contributed by atoms with E-state index in [-0.39, 0.29) is 30.2 Å². The number of benzene rings is 2. The van der Waals surface area contributed by atoms with Crippen molar-refractivity contribution in [3.05, 3.63) is 74.8 Å². The number of non-ortho nitro benzene ring substituents is 1. The van der Waals surface area contributed by atoms with Gasteiger partial charge in [-0.25, -0.2) is 0 Å². The molecule has 1 aliphatic rings. The summed E-state index contributed by atoms with van der Waals surface area (Å²) in [6.07, 6.45) is 0. The lowest BCUT2D eigenvalue weighted by atomic mass is 9.94. The molecule has 9 heteroatoms. The lowest BCUT2D eigenvalue weighted by Crippen LogP contribution is -2.32. The highest BCUT2D eigenvalue weighted by Crippen LogP contribution is 2.40. The van der Waals surface area contributed by atoms with Crippen LogP contribution >= 0.6 is 0 Å². The van der Waals surface area contributed by atoms with Crippen molar-refractivity contribution in [1.82, 2.24) is 4.90 Å². The maximum absolute atomic E-state index is 12.9. The Morgan fingerprint density at radius 2 is 1.84 bits per heavy atom. The van der Waals surface area contributed by atoms with Crippen molar-refractivity contribution in [3.8, 4) is 5.75 Å². The molecule has 1 fully saturated rings. The maximum Gasteiger partial charge on any atom is 0.295 e. The number of aliphatic hydroxyl groups excluding tert-OH is 1. The number of carbonyl (C=O) groups excluding carboxylic acids is 2. The van der Waals surface area contributed by atoms with Crippen LogP contribution in [0, 0.1) is 17.0 Å². The van der Waals surface area contributed by atoms with Gasteiger partial charge in [0.05, 0.1) is 30.3 Å². The number of aryl methyl sites for hydroxylation is 1. The Kier molecular flexibility index (Phi) is 6.36. The minimum atomic E-state index is -0.904. The van der Waals surface area contributed by atoms with Crippen LogP contribution in [0.3, 0.4) is 0 Å². The molecule has 1 atom stereocenters. The molecule has 0 bridgehead atoms. The number of nitro benzene ring substituents is 1. The van der Waals surface area contributed by atoms with E-state index in [2.05, 4.69) is 0 Å². The quantitative estimate of drug-likeness (QED) is 0.238. The van der Waals surface area contributed by atoms with E-state index < -0.39 is 22.7 Å². The predicted molar refractivity (Wildman–Crippen MR) is 112 cm³/mol. The van der Waals surface area contributed by atoms with Gasteiger partial charge in [-0.2, -0.15) is 0 Å². The lowest BCUT2D eigenvalue weighted by Gasteiger charge is -2.25. The van der Waals surface area contributed by atoms with Crippen LogP contribution in [0.5, 0.6) is 5.75 Å². The number of rotatable bonds is 7. The Morgan fingerprint density at radius 3 is 2.39 bits per heavy atom. The van der Waals surface area contributed by atoms with Gasteiger partial charge in [-0.05, 0) is 48.4 Å². The van der Waals surface area contributed by atoms with Crippen molar-refractivity contribution in [2.45, 2.75) is 13.0 Å². The zero-order valence-electron chi connectivity index (χ0n) is 17.3. The largest absolute Gasteiger partial charge is 0.507 e. The van der Waals surface area contributed by atoms with E-state index in [0.29, 0.717) is 16.9 Å². The number of aliphatic hydroxyl groups is 1. The molecule has 162 valence electrons. The highest BCUT2D eigenvalue weighted by Gasteiger charge is 2.46. The van der Waals surface area contributed by atoms with Gasteiger partial charge < -0.3 is 19.5 Å². The molecule has 1 heterocycles. The summed E-state index contributed by atoms with van der Waals surface area (Å²) in [4.78, 5) is 37.4. The average molecular weight is 426 g/mol. The Morgan fingerprint density at radius 1 is 1.16 bits per heavy atom. The molecule has 0 saturated carbocycles. The van der Waals surface area contributed by atoms with Crippen molar-refractivity contribution >= 4 is 23.1 Å². The number of likely N-dealkylation sites (tertiary alicyclic amines) is 1. The van der Waals surface area contributed by atoms with Gasteiger partial charge in [0, 0.05) is 31.4 Å². The molecule has 0 spiro atoms. The first kappa shape index (κ1) is 22.0. The molecule has 0 aliphatic carbocycles. The highest BCUT2D eigenvalue weighted by molar-refractivity contribution is 6.46. The Balaban J connectivity index is 2.15. The van der Waals surface area contributed by atoms with Crippen LogP contribution in [0.1, 0.15) is 22.7 Å². The fourth-order valence-electron chi connectivity index (χ4n) is 3.61. The van der Waals surface area contributed by atoms with Crippen LogP contribution in [-0.4, -0.2) is 54.0 Å². The second-order valence-electron chi connectivity index (χ2n) is 7.02. The highest BCUT2D eigenvalue weighted by atomic mass is 16.6. The standard InChI is InChI=1S/C22H22N2O7/c1-13-12-15(6-9-17(13)31-3)20(25)18-19(14-4-7-16(8-5-14)24(28)29)23(10-11-30-2)22(27)21(18)26/h4-9,12,19,25H,10-11H2,1-3H3/t19-/m1/s1. The first-order valence-corrected chi connectivity index (χ1v) is 9.46. The Bertz CT molecular complexity index is 1060. The number of hydrogen-bond donors (Lipinski definition) is 1. The molecule has 31 heavy (non-hydrogen) atoms. The lowest BCUT2D eigenvalue weighted by molar-refractivity contribution is -0.384. The number of ketones is 1. The number of carbonyl (C=O) groups is 2. The average Bonchev–Trinajstić information content (AvgIpc) is 3.01. The summed E-state index contributed by atoms with van der Waals surface area (Å²) in [7, 11) is 3.00. The molecular weight excluding hydrogens is 404 g/mol. The number of methoxy groups -OCH3 is 2. The van der Waals surface area contributed by atoms with Crippen molar-refractivity contribution < 1.29 is 29.1 Å². The van der Waals surface area contributed by atoms with Crippen LogP contribution in [0.2, 0.25) is 0 Å². The fraction of sp³-hybridized carbons (Fsp3) is 0.273. The van der Waals surface area contributed by atoms with Gasteiger partial charge in [0.1, 0.15) is 11.5 Å². The summed E-state index contributed by atoms with van der Waals surface area (Å²) in [5.41, 5.74) is 1.36. The number of ether oxygens (including phenoxy) is 2. The summed E-state index contributed by atoms with van der Waals surface area (Å²) in [5, 5.41) is 22.0. The third-order valence-electron chi connectivity index (χ3n) is 5.16. The molecule has 1 amide bonds. The van der Waals surface area contributed by atoms with E-state index in [1.54, 1.807) is 25.1 Å². The van der Waals surface area contributed by atoms with E-state index in [0.717, 1.165) is 5.56 Å². The molecule has 0 unspecified atom stereocenters. The first-order valence-electron chi connectivity index (χ1n) is 9.46. The second-order valence-corrected chi connectivity index (χ2v) is 7.02. The van der Waals surface area contributed by atoms with Gasteiger partial charge in [-0.15, -0.1) is 0 Å². The summed E-state index contributed by atoms with van der Waals surface area (Å²) < 4.78 is 10.3. The molecule has 2 aromatic carbocycles. The molecular formula is C22H22N2O7. The van der Waals surface area contributed by atoms with Crippen LogP contribution in [-0.2, 0) is 14.3 Å². The normalized spacial score (nSPS) is 17.8. The number of amides is 1. The Labute approximate surface area is 178 Å². The van der Waals surface area contributed by atoms with Crippen molar-refractivity contribution in [3.63, 3.8) is 0 Å². The molecule has 0 radical (unpaired) electrons. The maximum atomic E-state index is 12.9. The summed E-state index contributed by atoms with van der Waals surface area (Å²) in [5.74, 6) is -1.31. The van der Waals surface area contributed by atoms with Crippen LogP contribution in [0.25, 0.3) is 5.76 Å². The molecule has 1 aliphatic heterocycles. The predicted octanol–water partition coefficient (Wildman–Crippen LogP) is 2.98. The zero-order chi connectivity index (χ0) is 22.7. The van der Waals surface area contributed by atoms with Gasteiger partial charge >= 0.3 is 0 Å². The SMILES string of the molecule is COCCN1C(=O)C(=O)C(=C(O)c2ccc(OC)c(C)c2)[C@H]1c1ccc([N+](=O)[O-])cc1. The summed E-state index contributed by atoms with van der Waals surface area (Å²) >= 11 is 0. The van der Waals surface area contributed by atoms with Gasteiger partial charge in [-0.3, -0.25) is 19.7 Å². The summed E-state index contributed by atoms with van der Waals surface area (Å²) in [6.45, 7) is 2.08. The topological polar surface area (TPSA) is 119 Å². The molecule has 2 aromatic rings. The van der Waals surface area contributed by atoms with Gasteiger partial charge in [0.2, 0.25) is 0 Å². The van der Waals surface area contributed by atoms with E-state index in [4.69, 9.17) is 9.47 Å². The number of Topliss-reactive ketones (excluding diaryl/α,β-unsaturated/α-hetero) is 1. The van der Waals surface area contributed by atoms with E-state index in [9.17, 15) is 24.8 Å². The summed E-state index contributed by atoms with van der Waals surface area (Å²) in [6, 6.07) is 9.54. The van der Waals surface area contributed by atoms with Crippen molar-refractivity contribution in [2.75, 3.05) is 27.4 Å². The van der Waals surface area contributed by atoms with Crippen molar-refractivity contribution in [2.24, 2.45) is 0 Å². The number of hydrogen-bond acceptors (Lipinski definition) is 7. The molecule has 9 nitrogen and oxygen atoms in total. The van der Waals surface area contributed by atoms with E-state index >= 15 is 0 Å². The van der Waals surface area contributed by atoms with Gasteiger partial charge in [0.15, 0.2) is 0 Å². The van der Waals surface area contributed by atoms with Crippen LogP contribution in [0.4, 0.5) is 5.69 Å². The van der Waals surface area contributed by atoms with Crippen LogP contribution in [0.15, 0.2) is 48.0 Å². The number of nitrogens with zero attached hydrogens (tertiary/aromatic N) is 2. The smallest absolute Gasteiger partial charge is 0.295 e. The van der Waals surface area contributed by atoms with Gasteiger partial charge in [-0.1, -0.05) is 0 Å². The first-order chi connectivity index (χ1) is 14.8. The molecule has 1 N–H and O–H groups in total. The third-order valence-corrected chi connectivity index (χ3v) is 5.16. The minimum Gasteiger partial charge on any atom is -0.507 e. The zero-order valence-corrected chi connectivity index (χ0v) is 17.3. The number of nitro groups is 1. The fourth-order valence-corrected chi connectivity index (χ4v) is 3.61.